The first-order chi connectivity index (χ1) is 13.5. The zero-order chi connectivity index (χ0) is 19.7. The molecule has 4 heteroatoms. The first kappa shape index (κ1) is 19.0. The van der Waals surface area contributed by atoms with E-state index in [1.165, 1.54) is 19.8 Å². The van der Waals surface area contributed by atoms with Gasteiger partial charge in [0.1, 0.15) is 12.0 Å². The molecule has 2 aliphatic rings. The van der Waals surface area contributed by atoms with E-state index in [-0.39, 0.29) is 18.4 Å². The summed E-state index contributed by atoms with van der Waals surface area (Å²) in [5.41, 5.74) is 2.63. The fraction of sp³-hybridized carbons (Fsp3) is 0.417. The second-order valence-corrected chi connectivity index (χ2v) is 8.44. The van der Waals surface area contributed by atoms with Gasteiger partial charge in [0, 0.05) is 24.7 Å². The summed E-state index contributed by atoms with van der Waals surface area (Å²) >= 11 is 0. The molecule has 1 unspecified atom stereocenters. The Bertz CT molecular complexity index is 843. The molecule has 1 saturated carbocycles. The highest BCUT2D eigenvalue weighted by Crippen LogP contribution is 2.55. The third-order valence-corrected chi connectivity index (χ3v) is 6.13. The van der Waals surface area contributed by atoms with Crippen LogP contribution < -0.4 is 5.32 Å². The lowest BCUT2D eigenvalue weighted by atomic mass is 9.95. The molecule has 1 saturated heterocycles. The van der Waals surface area contributed by atoms with Crippen molar-refractivity contribution in [1.82, 2.24) is 10.2 Å². The average molecular weight is 382 g/mol. The first-order valence-corrected chi connectivity index (χ1v) is 10.1. The van der Waals surface area contributed by atoms with E-state index in [9.17, 15) is 4.39 Å². The standard InChI is InChI=1S/C24H28F2N2/c1-17(25)15-27-18(2)28-16-24(11-12-24)14-21(28)13-20-9-6-10-22(23(20)26)19-7-4-3-5-8-19/h3-10,17,21,27H,2,11-16H2,1H3/t17?,21-/m0/s1. The quantitative estimate of drug-likeness (QED) is 0.698. The Morgan fingerprint density at radius 2 is 1.96 bits per heavy atom. The largest absolute Gasteiger partial charge is 0.369 e. The Labute approximate surface area is 166 Å². The van der Waals surface area contributed by atoms with Crippen molar-refractivity contribution >= 4 is 0 Å². The van der Waals surface area contributed by atoms with Crippen LogP contribution in [0, 0.1) is 11.2 Å². The van der Waals surface area contributed by atoms with Crippen LogP contribution >= 0.6 is 0 Å². The predicted octanol–water partition coefficient (Wildman–Crippen LogP) is 5.31. The van der Waals surface area contributed by atoms with Crippen LogP contribution in [0.1, 0.15) is 31.7 Å². The van der Waals surface area contributed by atoms with Gasteiger partial charge in [0.2, 0.25) is 0 Å². The van der Waals surface area contributed by atoms with Crippen molar-refractivity contribution in [2.24, 2.45) is 5.41 Å². The molecule has 0 radical (unpaired) electrons. The molecule has 28 heavy (non-hydrogen) atoms. The van der Waals surface area contributed by atoms with Gasteiger partial charge in [-0.05, 0) is 49.1 Å². The van der Waals surface area contributed by atoms with E-state index in [4.69, 9.17) is 0 Å². The summed E-state index contributed by atoms with van der Waals surface area (Å²) in [5.74, 6) is 0.624. The van der Waals surface area contributed by atoms with Crippen LogP contribution in [0.4, 0.5) is 8.78 Å². The van der Waals surface area contributed by atoms with Gasteiger partial charge in [-0.2, -0.15) is 0 Å². The molecule has 1 aliphatic heterocycles. The number of halogens is 2. The number of hydrogen-bond acceptors (Lipinski definition) is 2. The van der Waals surface area contributed by atoms with Crippen molar-refractivity contribution < 1.29 is 8.78 Å². The van der Waals surface area contributed by atoms with Gasteiger partial charge < -0.3 is 10.2 Å². The van der Waals surface area contributed by atoms with Gasteiger partial charge in [-0.3, -0.25) is 0 Å². The molecule has 2 nitrogen and oxygen atoms in total. The molecule has 2 aromatic carbocycles. The lowest BCUT2D eigenvalue weighted by Crippen LogP contribution is -2.38. The SMILES string of the molecule is C=C(NCC(C)F)N1CC2(CC2)C[C@@H]1Cc1cccc(-c2ccccc2)c1F. The summed E-state index contributed by atoms with van der Waals surface area (Å²) in [5, 5.41) is 3.12. The molecule has 0 amide bonds. The van der Waals surface area contributed by atoms with Crippen LogP contribution in [0.15, 0.2) is 60.9 Å². The smallest absolute Gasteiger partial charge is 0.134 e. The second-order valence-electron chi connectivity index (χ2n) is 8.44. The van der Waals surface area contributed by atoms with Crippen LogP contribution in [0.3, 0.4) is 0 Å². The molecule has 1 aliphatic carbocycles. The normalized spacial score (nSPS) is 21.0. The van der Waals surface area contributed by atoms with Crippen LogP contribution in [-0.2, 0) is 6.42 Å². The molecule has 148 valence electrons. The Hall–Kier alpha value is -2.36. The van der Waals surface area contributed by atoms with Crippen molar-refractivity contribution in [2.45, 2.75) is 44.8 Å². The molecular formula is C24H28F2N2. The van der Waals surface area contributed by atoms with E-state index in [1.54, 1.807) is 0 Å². The van der Waals surface area contributed by atoms with E-state index in [0.29, 0.717) is 17.4 Å². The van der Waals surface area contributed by atoms with E-state index >= 15 is 4.39 Å². The van der Waals surface area contributed by atoms with Crippen molar-refractivity contribution in [3.63, 3.8) is 0 Å². The fourth-order valence-electron chi connectivity index (χ4n) is 4.39. The van der Waals surface area contributed by atoms with E-state index < -0.39 is 6.17 Å². The molecule has 4 rings (SSSR count). The highest BCUT2D eigenvalue weighted by Gasteiger charge is 2.52. The van der Waals surface area contributed by atoms with Gasteiger partial charge >= 0.3 is 0 Å². The minimum Gasteiger partial charge on any atom is -0.369 e. The van der Waals surface area contributed by atoms with Gasteiger partial charge in [0.15, 0.2) is 0 Å². The summed E-state index contributed by atoms with van der Waals surface area (Å²) in [6, 6.07) is 15.5. The number of likely N-dealkylation sites (tertiary alicyclic amines) is 1. The van der Waals surface area contributed by atoms with Gasteiger partial charge in [-0.1, -0.05) is 55.1 Å². The zero-order valence-corrected chi connectivity index (χ0v) is 16.4. The third-order valence-electron chi connectivity index (χ3n) is 6.13. The van der Waals surface area contributed by atoms with Crippen LogP contribution in [0.2, 0.25) is 0 Å². The van der Waals surface area contributed by atoms with Crippen LogP contribution in [0.25, 0.3) is 11.1 Å². The summed E-state index contributed by atoms with van der Waals surface area (Å²) in [7, 11) is 0. The molecule has 2 atom stereocenters. The van der Waals surface area contributed by atoms with Gasteiger partial charge in [0.25, 0.3) is 0 Å². The van der Waals surface area contributed by atoms with Gasteiger partial charge in [-0.25, -0.2) is 8.78 Å². The minimum atomic E-state index is -0.923. The number of benzene rings is 2. The van der Waals surface area contributed by atoms with Gasteiger partial charge in [0.05, 0.1) is 5.82 Å². The van der Waals surface area contributed by atoms with Crippen molar-refractivity contribution in [3.05, 3.63) is 72.3 Å². The molecular weight excluding hydrogens is 354 g/mol. The van der Waals surface area contributed by atoms with Crippen LogP contribution in [0.5, 0.6) is 0 Å². The molecule has 0 aromatic heterocycles. The molecule has 2 fully saturated rings. The lowest BCUT2D eigenvalue weighted by molar-refractivity contribution is 0.275. The van der Waals surface area contributed by atoms with Crippen molar-refractivity contribution in [3.8, 4) is 11.1 Å². The van der Waals surface area contributed by atoms with Crippen molar-refractivity contribution in [2.75, 3.05) is 13.1 Å². The summed E-state index contributed by atoms with van der Waals surface area (Å²) in [6.45, 7) is 6.86. The highest BCUT2D eigenvalue weighted by molar-refractivity contribution is 5.65. The lowest BCUT2D eigenvalue weighted by Gasteiger charge is -2.29. The number of nitrogens with zero attached hydrogens (tertiary/aromatic N) is 1. The molecule has 1 heterocycles. The minimum absolute atomic E-state index is 0.138. The average Bonchev–Trinajstić information content (AvgIpc) is 3.35. The number of hydrogen-bond donors (Lipinski definition) is 1. The number of rotatable bonds is 7. The molecule has 0 bridgehead atoms. The Morgan fingerprint density at radius 1 is 1.21 bits per heavy atom. The summed E-state index contributed by atoms with van der Waals surface area (Å²) in [6.07, 6.45) is 3.21. The van der Waals surface area contributed by atoms with E-state index in [2.05, 4.69) is 16.8 Å². The maximum absolute atomic E-state index is 15.3. The summed E-state index contributed by atoms with van der Waals surface area (Å²) < 4.78 is 28.5. The second kappa shape index (κ2) is 7.57. The Balaban J connectivity index is 1.54. The predicted molar refractivity (Wildman–Crippen MR) is 110 cm³/mol. The van der Waals surface area contributed by atoms with Crippen LogP contribution in [-0.4, -0.2) is 30.2 Å². The highest BCUT2D eigenvalue weighted by atomic mass is 19.1. The Kier molecular flexibility index (Phi) is 5.13. The maximum Gasteiger partial charge on any atom is 0.134 e. The van der Waals surface area contributed by atoms with E-state index in [0.717, 1.165) is 29.9 Å². The zero-order valence-electron chi connectivity index (χ0n) is 16.4. The van der Waals surface area contributed by atoms with Gasteiger partial charge in [-0.15, -0.1) is 0 Å². The Morgan fingerprint density at radius 3 is 2.64 bits per heavy atom. The maximum atomic E-state index is 15.3. The molecule has 2 aromatic rings. The fourth-order valence-corrected chi connectivity index (χ4v) is 4.39. The third kappa shape index (κ3) is 3.91. The number of alkyl halides is 1. The van der Waals surface area contributed by atoms with Crippen molar-refractivity contribution in [1.29, 1.82) is 0 Å². The van der Waals surface area contributed by atoms with E-state index in [1.807, 2.05) is 48.5 Å². The first-order valence-electron chi connectivity index (χ1n) is 10.1. The monoisotopic (exact) mass is 382 g/mol. The summed E-state index contributed by atoms with van der Waals surface area (Å²) in [4.78, 5) is 2.24. The topological polar surface area (TPSA) is 15.3 Å². The molecule has 1 spiro atoms. The number of nitrogens with one attached hydrogen (secondary N) is 1. The molecule has 1 N–H and O–H groups in total.